The first kappa shape index (κ1) is 102. The molecule has 0 aliphatic rings. The van der Waals surface area contributed by atoms with Crippen LogP contribution in [0.2, 0.25) is 0 Å². The Hall–Kier alpha value is -14.4. The Morgan fingerprint density at radius 2 is 0.701 bits per heavy atom. The number of rotatable bonds is 38. The SMILES string of the molecule is COc1cc(C(=O)CCC(=O)c2cccc(-c3csc4c(F)cccc34)n2)ccc1O.COc1cc(C(=O)CCC(=O)c2cccc(-c3csc4c(F)cccc34)n2)ccc1OCCC=O.COc1cc(C(=O)CCC(O)c2cccc(-c3csc4c(F)cccc34)n2)ccc1OCCCO.COc1cc(C(=O)O)ccc1OCCCO.NCC(O)c1cccc(-c2csc3c(F)cccc23)n1. The van der Waals surface area contributed by atoms with Crippen molar-refractivity contribution in [3.63, 3.8) is 0 Å². The van der Waals surface area contributed by atoms with Crippen LogP contribution in [0.25, 0.3) is 85.4 Å². The number of carbonyl (C=O) groups excluding carboxylic acids is 6. The second-order valence-electron chi connectivity index (χ2n) is 30.1. The van der Waals surface area contributed by atoms with Crippen LogP contribution in [0.5, 0.6) is 46.0 Å². The van der Waals surface area contributed by atoms with Crippen LogP contribution in [0.3, 0.4) is 0 Å². The summed E-state index contributed by atoms with van der Waals surface area (Å²) in [4.78, 5) is 102. The van der Waals surface area contributed by atoms with Crippen LogP contribution >= 0.6 is 45.3 Å². The highest BCUT2D eigenvalue weighted by Crippen LogP contribution is 2.41. The summed E-state index contributed by atoms with van der Waals surface area (Å²) in [5.74, 6) is -0.458. The van der Waals surface area contributed by atoms with Crippen LogP contribution in [0.1, 0.15) is 144 Å². The standard InChI is InChI=1S/C27H26FNO5S.C27H22FNO5S.C24H18FNO4S.C15H13FN2OS.C11H14O5/c2*1-33-26-15-17(9-12-25(26)34-14-4-13-30)23(31)10-11-24(32)22-8-3-7-21(29-22)19-16-35-27-18(19)5-2-6-20(27)28;1-30-23-12-14(8-9-22(23)29)20(27)10-11-21(28)19-7-3-6-18(26-19)16-13-31-24-15(16)4-2-5-17(24)25;16-11-4-1-3-9-10(8-20-15(9)11)12-5-2-6-13(18-12)14(19)7-17;1-15-10-7-8(11(13)14)3-4-9(10)16-6-2-5-12/h2-3,5-9,12,15-16,24,30,32H,4,10-11,13-14H2,1H3;2-3,5-9,12-13,15-16H,4,10-11,14H2,1H3;2-9,12-13,29H,10-11H2,1H3;1-6,8,14,19H,7,17H2;3-4,7,12H,2,5-6H2,1H3,(H,13,14). The number of hydrogen-bond acceptors (Lipinski definition) is 28. The van der Waals surface area contributed by atoms with Crippen LogP contribution in [0.4, 0.5) is 17.6 Å². The second kappa shape index (κ2) is 49.7. The minimum Gasteiger partial charge on any atom is -0.504 e. The van der Waals surface area contributed by atoms with Gasteiger partial charge in [0.1, 0.15) is 47.0 Å². The van der Waals surface area contributed by atoms with Crippen LogP contribution in [-0.2, 0) is 4.79 Å². The lowest BCUT2D eigenvalue weighted by molar-refractivity contribution is -0.108. The maximum atomic E-state index is 14.1. The highest BCUT2D eigenvalue weighted by atomic mass is 32.1. The second-order valence-corrected chi connectivity index (χ2v) is 33.7. The first-order chi connectivity index (χ1) is 66.4. The molecular formula is C104H93F4N5O20S4. The van der Waals surface area contributed by atoms with E-state index in [-0.39, 0.29) is 152 Å². The van der Waals surface area contributed by atoms with Gasteiger partial charge in [-0.25, -0.2) is 37.3 Å². The number of aldehydes is 1. The van der Waals surface area contributed by atoms with E-state index in [1.165, 1.54) is 128 Å². The largest absolute Gasteiger partial charge is 0.504 e. The number of benzene rings is 8. The Morgan fingerprint density at radius 3 is 1.07 bits per heavy atom. The number of fused-ring (bicyclic) bond motifs is 4. The number of ketones is 5. The topological polar surface area (TPSA) is 383 Å². The highest BCUT2D eigenvalue weighted by Gasteiger charge is 2.24. The van der Waals surface area contributed by atoms with Gasteiger partial charge in [0.15, 0.2) is 74.9 Å². The van der Waals surface area contributed by atoms with E-state index in [4.69, 9.17) is 54.2 Å². The van der Waals surface area contributed by atoms with Crippen molar-refractivity contribution in [3.8, 4) is 91.0 Å². The molecule has 0 amide bonds. The van der Waals surface area contributed by atoms with Gasteiger partial charge in [0.25, 0.3) is 0 Å². The van der Waals surface area contributed by atoms with E-state index in [9.17, 15) is 66.4 Å². The molecule has 0 aliphatic carbocycles. The third-order valence-electron chi connectivity index (χ3n) is 21.1. The summed E-state index contributed by atoms with van der Waals surface area (Å²) < 4.78 is 95.1. The van der Waals surface area contributed by atoms with E-state index in [0.29, 0.717) is 130 Å². The van der Waals surface area contributed by atoms with Gasteiger partial charge in [-0.05, 0) is 152 Å². The Bertz CT molecular complexity index is 6970. The molecule has 0 radical (unpaired) electrons. The summed E-state index contributed by atoms with van der Waals surface area (Å²) in [7, 11) is 5.80. The third-order valence-corrected chi connectivity index (χ3v) is 25.1. The molecule has 0 saturated heterocycles. The fourth-order valence-corrected chi connectivity index (χ4v) is 17.9. The predicted octanol–water partition coefficient (Wildman–Crippen LogP) is 21.4. The monoisotopic (exact) mass is 1940 g/mol. The minimum absolute atomic E-state index is 0.00249. The number of methoxy groups -OCH3 is 4. The molecule has 25 nitrogen and oxygen atoms in total. The average molecular weight is 1940 g/mol. The van der Waals surface area contributed by atoms with Crippen molar-refractivity contribution >= 4 is 127 Å². The van der Waals surface area contributed by atoms with E-state index < -0.39 is 18.2 Å². The number of aliphatic hydroxyl groups excluding tert-OH is 4. The maximum Gasteiger partial charge on any atom is 0.335 e. The molecule has 137 heavy (non-hydrogen) atoms. The molecule has 16 rings (SSSR count). The summed E-state index contributed by atoms with van der Waals surface area (Å²) in [5.41, 5.74) is 14.0. The molecule has 16 aromatic rings. The number of Topliss-reactive ketones (excluding diaryl/α,β-unsaturated/α-hetero) is 5. The van der Waals surface area contributed by atoms with Gasteiger partial charge in [-0.2, -0.15) is 0 Å². The number of carbonyl (C=O) groups is 7. The normalized spacial score (nSPS) is 11.3. The zero-order chi connectivity index (χ0) is 97.6. The lowest BCUT2D eigenvalue weighted by atomic mass is 10.0. The fourth-order valence-electron chi connectivity index (χ4n) is 14.0. The van der Waals surface area contributed by atoms with Gasteiger partial charge >= 0.3 is 5.97 Å². The molecule has 0 spiro atoms. The van der Waals surface area contributed by atoms with Gasteiger partial charge in [0.2, 0.25) is 0 Å². The van der Waals surface area contributed by atoms with Crippen molar-refractivity contribution in [1.82, 2.24) is 19.9 Å². The molecule has 0 fully saturated rings. The van der Waals surface area contributed by atoms with E-state index in [1.807, 2.05) is 64.0 Å². The number of aliphatic hydroxyl groups is 4. The number of phenols is 1. The lowest BCUT2D eigenvalue weighted by Gasteiger charge is -2.13. The smallest absolute Gasteiger partial charge is 0.335 e. The molecule has 0 bridgehead atoms. The number of hydrogen-bond donors (Lipinski definition) is 7. The number of nitrogens with zero attached hydrogens (tertiary/aromatic N) is 4. The fraction of sp³-hybridized carbons (Fsp3) is 0.202. The van der Waals surface area contributed by atoms with Crippen LogP contribution in [0, 0.1) is 23.3 Å². The number of nitrogens with two attached hydrogens (primary N) is 1. The first-order valence-corrected chi connectivity index (χ1v) is 46.3. The Labute approximate surface area is 799 Å². The molecule has 8 aromatic carbocycles. The van der Waals surface area contributed by atoms with Crippen molar-refractivity contribution in [2.45, 2.75) is 70.0 Å². The van der Waals surface area contributed by atoms with Gasteiger partial charge in [-0.1, -0.05) is 72.8 Å². The number of phenolic OH excluding ortho intramolecular Hbond substituents is 1. The Morgan fingerprint density at radius 1 is 0.380 bits per heavy atom. The number of halogens is 4. The molecule has 706 valence electrons. The highest BCUT2D eigenvalue weighted by molar-refractivity contribution is 7.18. The van der Waals surface area contributed by atoms with Crippen LogP contribution < -0.4 is 38.9 Å². The van der Waals surface area contributed by atoms with Gasteiger partial charge < -0.3 is 74.3 Å². The van der Waals surface area contributed by atoms with E-state index in [1.54, 1.807) is 121 Å². The summed E-state index contributed by atoms with van der Waals surface area (Å²) in [6.45, 7) is 1.12. The lowest BCUT2D eigenvalue weighted by Crippen LogP contribution is -2.12. The van der Waals surface area contributed by atoms with Gasteiger partial charge in [-0.3, -0.25) is 29.0 Å². The summed E-state index contributed by atoms with van der Waals surface area (Å²) in [6, 6.07) is 59.1. The number of carboxylic acids is 1. The molecule has 8 aromatic heterocycles. The minimum atomic E-state index is -1.01. The zero-order valence-corrected chi connectivity index (χ0v) is 77.6. The predicted molar refractivity (Wildman–Crippen MR) is 520 cm³/mol. The molecular weight excluding hydrogens is 1840 g/mol. The van der Waals surface area contributed by atoms with Crippen molar-refractivity contribution in [1.29, 1.82) is 0 Å². The van der Waals surface area contributed by atoms with Crippen molar-refractivity contribution in [2.24, 2.45) is 5.73 Å². The van der Waals surface area contributed by atoms with E-state index >= 15 is 0 Å². The van der Waals surface area contributed by atoms with E-state index in [0.717, 1.165) is 50.1 Å². The molecule has 33 heteroatoms. The Balaban J connectivity index is 0.000000158. The van der Waals surface area contributed by atoms with Crippen LogP contribution in [0.15, 0.2) is 240 Å². The number of aromatic carboxylic acids is 1. The summed E-state index contributed by atoms with van der Waals surface area (Å²) in [5, 5.41) is 66.9. The number of aromatic hydroxyl groups is 1. The van der Waals surface area contributed by atoms with Gasteiger partial charge in [0, 0.05) is 153 Å². The summed E-state index contributed by atoms with van der Waals surface area (Å²) >= 11 is 5.26. The number of ether oxygens (including phenoxy) is 7. The van der Waals surface area contributed by atoms with Gasteiger partial charge in [-0.15, -0.1) is 45.3 Å². The van der Waals surface area contributed by atoms with Crippen molar-refractivity contribution in [3.05, 3.63) is 308 Å². The van der Waals surface area contributed by atoms with Crippen LogP contribution in [-0.4, -0.2) is 160 Å². The number of thiophene rings is 4. The quantitative estimate of drug-likeness (QED) is 0.00818. The molecule has 0 aliphatic heterocycles. The summed E-state index contributed by atoms with van der Waals surface area (Å²) in [6.07, 6.45) is 0.636. The third kappa shape index (κ3) is 26.2. The average Bonchev–Trinajstić information content (AvgIpc) is 1.67. The Kier molecular flexibility index (Phi) is 36.9. The molecule has 8 heterocycles. The van der Waals surface area contributed by atoms with E-state index in [2.05, 4.69) is 19.9 Å². The van der Waals surface area contributed by atoms with Crippen molar-refractivity contribution in [2.75, 3.05) is 68.0 Å². The molecule has 2 unspecified atom stereocenters. The van der Waals surface area contributed by atoms with Gasteiger partial charge in [0.05, 0.1) is 113 Å². The zero-order valence-electron chi connectivity index (χ0n) is 74.3. The number of carboxylic acid groups (broad SMARTS) is 1. The molecule has 2 atom stereocenters. The maximum absolute atomic E-state index is 14.1. The van der Waals surface area contributed by atoms with Crippen molar-refractivity contribution < 1.29 is 115 Å². The number of pyridine rings is 4. The number of aromatic nitrogens is 4. The first-order valence-electron chi connectivity index (χ1n) is 42.8. The molecule has 8 N–H and O–H groups in total. The molecule has 0 saturated carbocycles.